The van der Waals surface area contributed by atoms with Crippen LogP contribution in [0.1, 0.15) is 0 Å². The molecule has 7 heteroatoms. The summed E-state index contributed by atoms with van der Waals surface area (Å²) in [4.78, 5) is 12.4. The van der Waals surface area contributed by atoms with Crippen LogP contribution in [-0.2, 0) is 14.8 Å². The van der Waals surface area contributed by atoms with Crippen molar-refractivity contribution in [3.63, 3.8) is 0 Å². The van der Waals surface area contributed by atoms with Crippen LogP contribution < -0.4 is 15.4 Å². The summed E-state index contributed by atoms with van der Waals surface area (Å²) >= 11 is 0. The van der Waals surface area contributed by atoms with Gasteiger partial charge in [-0.25, -0.2) is 13.6 Å². The van der Waals surface area contributed by atoms with Gasteiger partial charge < -0.3 is 10.2 Å². The molecule has 4 N–H and O–H groups in total. The first-order chi connectivity index (χ1) is 7.79. The van der Waals surface area contributed by atoms with E-state index in [0.717, 1.165) is 4.90 Å². The molecule has 1 aromatic carbocycles. The van der Waals surface area contributed by atoms with E-state index >= 15 is 0 Å². The first kappa shape index (κ1) is 13.6. The number of carbonyl (C=O) groups excluding carboxylic acids is 1. The van der Waals surface area contributed by atoms with Gasteiger partial charge in [-0.15, -0.1) is 0 Å². The molecule has 0 bridgehead atoms. The third-order valence-corrected chi connectivity index (χ3v) is 2.87. The van der Waals surface area contributed by atoms with Crippen LogP contribution in [-0.4, -0.2) is 35.0 Å². The summed E-state index contributed by atoms with van der Waals surface area (Å²) in [5, 5.41) is 7.60. The van der Waals surface area contributed by atoms with Crippen molar-refractivity contribution >= 4 is 21.6 Å². The highest BCUT2D eigenvalue weighted by atomic mass is 32.2. The fraction of sp³-hybridized carbons (Fsp3) is 0.300. The van der Waals surface area contributed by atoms with Crippen LogP contribution >= 0.6 is 0 Å². The average Bonchev–Trinajstić information content (AvgIpc) is 2.15. The minimum absolute atomic E-state index is 0.0208. The van der Waals surface area contributed by atoms with Crippen molar-refractivity contribution in [3.8, 4) is 0 Å². The van der Waals surface area contributed by atoms with E-state index in [0.29, 0.717) is 12.2 Å². The Morgan fingerprint density at radius 2 is 2.06 bits per heavy atom. The number of hydrogen-bond acceptors (Lipinski definition) is 3. The second-order valence-electron chi connectivity index (χ2n) is 4.00. The zero-order valence-electron chi connectivity index (χ0n) is 9.73. The zero-order chi connectivity index (χ0) is 13.1. The molecule has 0 aliphatic rings. The minimum Gasteiger partial charge on any atom is -0.332 e. The Labute approximate surface area is 100 Å². The molecule has 0 saturated carbocycles. The van der Waals surface area contributed by atoms with Crippen LogP contribution in [0.15, 0.2) is 29.2 Å². The number of likely N-dealkylation sites (N-methyl/N-ethyl adjacent to an activating group) is 1. The van der Waals surface area contributed by atoms with E-state index in [1.54, 1.807) is 6.07 Å². The molecule has 0 unspecified atom stereocenters. The maximum Gasteiger partial charge on any atom is 0.279 e. The molecule has 0 saturated heterocycles. The van der Waals surface area contributed by atoms with E-state index in [-0.39, 0.29) is 10.8 Å². The first-order valence-corrected chi connectivity index (χ1v) is 6.55. The molecule has 0 radical (unpaired) electrons. The van der Waals surface area contributed by atoms with Crippen molar-refractivity contribution in [2.24, 2.45) is 5.14 Å². The number of primary sulfonamides is 1. The molecular formula is C10H16N3O3S+. The predicted octanol–water partition coefficient (Wildman–Crippen LogP) is -1.58. The molecule has 94 valence electrons. The summed E-state index contributed by atoms with van der Waals surface area (Å²) in [6.07, 6.45) is 0. The topological polar surface area (TPSA) is 93.7 Å². The van der Waals surface area contributed by atoms with Crippen molar-refractivity contribution in [2.75, 3.05) is 26.0 Å². The Bertz CT molecular complexity index is 511. The Hall–Kier alpha value is -1.44. The lowest BCUT2D eigenvalue weighted by Gasteiger charge is -2.08. The van der Waals surface area contributed by atoms with Gasteiger partial charge in [-0.3, -0.25) is 4.79 Å². The third-order valence-electron chi connectivity index (χ3n) is 1.96. The summed E-state index contributed by atoms with van der Waals surface area (Å²) < 4.78 is 22.2. The van der Waals surface area contributed by atoms with E-state index in [1.807, 2.05) is 14.1 Å². The molecule has 17 heavy (non-hydrogen) atoms. The third kappa shape index (κ3) is 4.51. The van der Waals surface area contributed by atoms with Crippen LogP contribution in [0.2, 0.25) is 0 Å². The second-order valence-corrected chi connectivity index (χ2v) is 5.57. The van der Waals surface area contributed by atoms with Gasteiger partial charge in [0, 0.05) is 5.69 Å². The number of sulfonamides is 1. The SMILES string of the molecule is C[NH+](C)CC(=O)Nc1cccc(S(N)(=O)=O)c1. The summed E-state index contributed by atoms with van der Waals surface area (Å²) in [6.45, 7) is 0.305. The lowest BCUT2D eigenvalue weighted by Crippen LogP contribution is -3.06. The van der Waals surface area contributed by atoms with Gasteiger partial charge in [0.1, 0.15) is 0 Å². The van der Waals surface area contributed by atoms with Gasteiger partial charge in [0.15, 0.2) is 6.54 Å². The van der Waals surface area contributed by atoms with E-state index in [1.165, 1.54) is 18.2 Å². The second kappa shape index (κ2) is 5.26. The van der Waals surface area contributed by atoms with Gasteiger partial charge in [0.2, 0.25) is 10.0 Å². The van der Waals surface area contributed by atoms with Crippen molar-refractivity contribution in [1.29, 1.82) is 0 Å². The predicted molar refractivity (Wildman–Crippen MR) is 64.1 cm³/mol. The monoisotopic (exact) mass is 258 g/mol. The van der Waals surface area contributed by atoms with E-state index in [2.05, 4.69) is 5.32 Å². The van der Waals surface area contributed by atoms with Gasteiger partial charge in [0.25, 0.3) is 5.91 Å². The highest BCUT2D eigenvalue weighted by Gasteiger charge is 2.10. The van der Waals surface area contributed by atoms with Crippen molar-refractivity contribution in [1.82, 2.24) is 0 Å². The quantitative estimate of drug-likeness (QED) is 0.608. The van der Waals surface area contributed by atoms with Gasteiger partial charge in [-0.2, -0.15) is 0 Å². The lowest BCUT2D eigenvalue weighted by atomic mass is 10.3. The highest BCUT2D eigenvalue weighted by Crippen LogP contribution is 2.13. The molecule has 0 atom stereocenters. The van der Waals surface area contributed by atoms with Crippen LogP contribution in [0.25, 0.3) is 0 Å². The standard InChI is InChI=1S/C10H15N3O3S/c1-13(2)7-10(14)12-8-4-3-5-9(6-8)17(11,15)16/h3-6H,7H2,1-2H3,(H,12,14)(H2,11,15,16)/p+1. The smallest absolute Gasteiger partial charge is 0.279 e. The molecule has 0 aliphatic carbocycles. The Balaban J connectivity index is 2.83. The summed E-state index contributed by atoms with van der Waals surface area (Å²) in [7, 11) is -0.0456. The fourth-order valence-electron chi connectivity index (χ4n) is 1.28. The molecule has 6 nitrogen and oxygen atoms in total. The summed E-state index contributed by atoms with van der Waals surface area (Å²) in [5.41, 5.74) is 0.419. The van der Waals surface area contributed by atoms with E-state index in [4.69, 9.17) is 5.14 Å². The van der Waals surface area contributed by atoms with Gasteiger partial charge in [-0.05, 0) is 18.2 Å². The number of rotatable bonds is 4. The summed E-state index contributed by atoms with van der Waals surface area (Å²) in [6, 6.07) is 5.84. The Kier molecular flexibility index (Phi) is 4.22. The number of anilines is 1. The van der Waals surface area contributed by atoms with Crippen molar-refractivity contribution in [3.05, 3.63) is 24.3 Å². The molecule has 0 aromatic heterocycles. The lowest BCUT2D eigenvalue weighted by molar-refractivity contribution is -0.849. The maximum atomic E-state index is 11.5. The van der Waals surface area contributed by atoms with Gasteiger partial charge in [0.05, 0.1) is 19.0 Å². The van der Waals surface area contributed by atoms with Gasteiger partial charge in [-0.1, -0.05) is 6.07 Å². The number of nitrogens with one attached hydrogen (secondary N) is 2. The molecule has 1 rings (SSSR count). The van der Waals surface area contributed by atoms with E-state index < -0.39 is 10.0 Å². The summed E-state index contributed by atoms with van der Waals surface area (Å²) in [5.74, 6) is -0.184. The highest BCUT2D eigenvalue weighted by molar-refractivity contribution is 7.89. The number of quaternary nitrogens is 1. The average molecular weight is 258 g/mol. The van der Waals surface area contributed by atoms with Crippen LogP contribution in [0.4, 0.5) is 5.69 Å². The van der Waals surface area contributed by atoms with Crippen molar-refractivity contribution < 1.29 is 18.1 Å². The fourth-order valence-corrected chi connectivity index (χ4v) is 1.84. The Morgan fingerprint density at radius 1 is 1.41 bits per heavy atom. The largest absolute Gasteiger partial charge is 0.332 e. The first-order valence-electron chi connectivity index (χ1n) is 5.01. The normalized spacial score (nSPS) is 11.5. The number of benzene rings is 1. The Morgan fingerprint density at radius 3 is 2.59 bits per heavy atom. The minimum atomic E-state index is -3.74. The molecule has 1 amide bonds. The van der Waals surface area contributed by atoms with Gasteiger partial charge >= 0.3 is 0 Å². The molecular weight excluding hydrogens is 242 g/mol. The molecule has 0 heterocycles. The molecule has 0 spiro atoms. The van der Waals surface area contributed by atoms with Crippen LogP contribution in [0.5, 0.6) is 0 Å². The maximum absolute atomic E-state index is 11.5. The number of amides is 1. The van der Waals surface area contributed by atoms with E-state index in [9.17, 15) is 13.2 Å². The number of carbonyl (C=O) groups is 1. The number of nitrogens with two attached hydrogens (primary N) is 1. The molecule has 1 aromatic rings. The molecule has 0 fully saturated rings. The van der Waals surface area contributed by atoms with Crippen molar-refractivity contribution in [2.45, 2.75) is 4.90 Å². The van der Waals surface area contributed by atoms with Crippen LogP contribution in [0.3, 0.4) is 0 Å². The van der Waals surface area contributed by atoms with Crippen LogP contribution in [0, 0.1) is 0 Å². The molecule has 0 aliphatic heterocycles. The zero-order valence-corrected chi connectivity index (χ0v) is 10.5. The number of hydrogen-bond donors (Lipinski definition) is 3.